The second-order valence-electron chi connectivity index (χ2n) is 4.86. The molecule has 4 atom stereocenters. The van der Waals surface area contributed by atoms with Crippen LogP contribution in [0.25, 0.3) is 11.0 Å². The summed E-state index contributed by atoms with van der Waals surface area (Å²) in [6.07, 6.45) is -1.75. The first-order chi connectivity index (χ1) is 10.6. The average Bonchev–Trinajstić information content (AvgIpc) is 3.06. The van der Waals surface area contributed by atoms with Gasteiger partial charge in [-0.05, 0) is 0 Å². The molecule has 22 heavy (non-hydrogen) atoms. The number of nitrogen functional groups attached to an aromatic ring is 1. The van der Waals surface area contributed by atoms with Crippen molar-refractivity contribution in [2.45, 2.75) is 24.5 Å². The first kappa shape index (κ1) is 14.6. The van der Waals surface area contributed by atoms with Crippen LogP contribution in [0.2, 0.25) is 0 Å². The monoisotopic (exact) mass is 306 g/mol. The molecule has 1 aliphatic heterocycles. The molecular formula is C12H14N6O4. The van der Waals surface area contributed by atoms with Crippen LogP contribution in [0, 0.1) is 11.3 Å². The highest BCUT2D eigenvalue weighted by molar-refractivity contribution is 5.92. The predicted octanol–water partition coefficient (Wildman–Crippen LogP) is -1.80. The molecule has 0 amide bonds. The van der Waals surface area contributed by atoms with Crippen LogP contribution in [0.15, 0.2) is 12.5 Å². The Morgan fingerprint density at radius 1 is 1.41 bits per heavy atom. The van der Waals surface area contributed by atoms with Crippen LogP contribution in [0.5, 0.6) is 0 Å². The molecule has 0 aliphatic carbocycles. The first-order valence-corrected chi connectivity index (χ1v) is 6.47. The van der Waals surface area contributed by atoms with Crippen molar-refractivity contribution in [3.8, 4) is 6.07 Å². The van der Waals surface area contributed by atoms with Gasteiger partial charge in [-0.2, -0.15) is 5.26 Å². The van der Waals surface area contributed by atoms with Crippen molar-refractivity contribution >= 4 is 16.9 Å². The maximum atomic E-state index is 10.1. The van der Waals surface area contributed by atoms with Crippen LogP contribution in [-0.2, 0) is 4.74 Å². The summed E-state index contributed by atoms with van der Waals surface area (Å²) >= 11 is 0. The SMILES string of the molecule is N#Cc1cn(C2OC(CO)C(O)C2O)c2ncnc(NN)c12. The molecule has 0 bridgehead atoms. The van der Waals surface area contributed by atoms with E-state index in [1.807, 2.05) is 6.07 Å². The number of hydrogen-bond acceptors (Lipinski definition) is 9. The third-order valence-electron chi connectivity index (χ3n) is 3.66. The van der Waals surface area contributed by atoms with Crippen LogP contribution < -0.4 is 11.3 Å². The van der Waals surface area contributed by atoms with E-state index in [1.165, 1.54) is 17.1 Å². The van der Waals surface area contributed by atoms with Crippen molar-refractivity contribution < 1.29 is 20.1 Å². The summed E-state index contributed by atoms with van der Waals surface area (Å²) in [5.74, 6) is 5.64. The van der Waals surface area contributed by atoms with Crippen molar-refractivity contribution in [1.29, 1.82) is 5.26 Å². The first-order valence-electron chi connectivity index (χ1n) is 6.47. The minimum Gasteiger partial charge on any atom is -0.394 e. The van der Waals surface area contributed by atoms with Crippen LogP contribution in [0.4, 0.5) is 5.82 Å². The van der Waals surface area contributed by atoms with E-state index in [9.17, 15) is 15.5 Å². The molecule has 4 unspecified atom stereocenters. The van der Waals surface area contributed by atoms with E-state index in [-0.39, 0.29) is 11.4 Å². The number of aromatic nitrogens is 3. The molecule has 2 aromatic heterocycles. The van der Waals surface area contributed by atoms with E-state index in [4.69, 9.17) is 15.7 Å². The number of nitrogens with zero attached hydrogens (tertiary/aromatic N) is 4. The van der Waals surface area contributed by atoms with E-state index >= 15 is 0 Å². The van der Waals surface area contributed by atoms with Gasteiger partial charge in [-0.1, -0.05) is 0 Å². The van der Waals surface area contributed by atoms with E-state index in [0.717, 1.165) is 0 Å². The number of rotatable bonds is 3. The second-order valence-corrected chi connectivity index (χ2v) is 4.86. The Kier molecular flexibility index (Phi) is 3.65. The Labute approximate surface area is 124 Å². The molecule has 1 aliphatic rings. The van der Waals surface area contributed by atoms with Gasteiger partial charge in [0.15, 0.2) is 12.0 Å². The zero-order chi connectivity index (χ0) is 15.9. The second kappa shape index (κ2) is 5.48. The highest BCUT2D eigenvalue weighted by Gasteiger charge is 2.44. The largest absolute Gasteiger partial charge is 0.394 e. The smallest absolute Gasteiger partial charge is 0.164 e. The standard InChI is InChI=1S/C12H14N6O4/c13-1-5-2-18(11-7(5)10(17-14)15-4-16-11)12-9(21)8(20)6(3-19)22-12/h2,4,6,8-9,12,19-21H,3,14H2,(H,15,16,17). The Hall–Kier alpha value is -2.29. The Balaban J connectivity index is 2.15. The van der Waals surface area contributed by atoms with Gasteiger partial charge in [0.25, 0.3) is 0 Å². The molecule has 2 aromatic rings. The van der Waals surface area contributed by atoms with Crippen LogP contribution in [-0.4, -0.2) is 54.8 Å². The zero-order valence-electron chi connectivity index (χ0n) is 11.3. The van der Waals surface area contributed by atoms with Crippen LogP contribution in [0.1, 0.15) is 11.8 Å². The number of fused-ring (bicyclic) bond motifs is 1. The normalized spacial score (nSPS) is 28.0. The van der Waals surface area contributed by atoms with Gasteiger partial charge in [0, 0.05) is 6.20 Å². The van der Waals surface area contributed by atoms with Crippen LogP contribution in [0.3, 0.4) is 0 Å². The molecule has 1 fully saturated rings. The van der Waals surface area contributed by atoms with Crippen LogP contribution >= 0.6 is 0 Å². The molecule has 10 heteroatoms. The molecule has 3 heterocycles. The fraction of sp³-hybridized carbons (Fsp3) is 0.417. The number of aliphatic hydroxyl groups excluding tert-OH is 3. The number of hydrazine groups is 1. The average molecular weight is 306 g/mol. The molecule has 116 valence electrons. The summed E-state index contributed by atoms with van der Waals surface area (Å²) in [5, 5.41) is 38.7. The van der Waals surface area contributed by atoms with Crippen molar-refractivity contribution in [2.75, 3.05) is 12.0 Å². The summed E-state index contributed by atoms with van der Waals surface area (Å²) in [7, 11) is 0. The molecule has 10 nitrogen and oxygen atoms in total. The molecule has 1 saturated heterocycles. The lowest BCUT2D eigenvalue weighted by molar-refractivity contribution is -0.0508. The maximum absolute atomic E-state index is 10.1. The molecule has 0 aromatic carbocycles. The summed E-state index contributed by atoms with van der Waals surface area (Å²) in [5.41, 5.74) is 2.93. The van der Waals surface area contributed by atoms with Gasteiger partial charge in [-0.25, -0.2) is 15.8 Å². The third-order valence-corrected chi connectivity index (χ3v) is 3.66. The summed E-state index contributed by atoms with van der Waals surface area (Å²) < 4.78 is 6.87. The molecular weight excluding hydrogens is 292 g/mol. The highest BCUT2D eigenvalue weighted by atomic mass is 16.6. The lowest BCUT2D eigenvalue weighted by Gasteiger charge is -2.17. The third kappa shape index (κ3) is 2.00. The van der Waals surface area contributed by atoms with E-state index < -0.39 is 31.1 Å². The maximum Gasteiger partial charge on any atom is 0.164 e. The van der Waals surface area contributed by atoms with Crippen molar-refractivity contribution in [3.05, 3.63) is 18.1 Å². The van der Waals surface area contributed by atoms with Gasteiger partial charge in [-0.3, -0.25) is 0 Å². The quantitative estimate of drug-likeness (QED) is 0.325. The van der Waals surface area contributed by atoms with Gasteiger partial charge in [0.2, 0.25) is 0 Å². The number of nitrogens with two attached hydrogens (primary N) is 1. The van der Waals surface area contributed by atoms with Gasteiger partial charge in [0.1, 0.15) is 36.4 Å². The molecule has 0 spiro atoms. The summed E-state index contributed by atoms with van der Waals surface area (Å²) in [6.45, 7) is -0.441. The van der Waals surface area contributed by atoms with Crippen molar-refractivity contribution in [1.82, 2.24) is 14.5 Å². The highest BCUT2D eigenvalue weighted by Crippen LogP contribution is 2.34. The lowest BCUT2D eigenvalue weighted by Crippen LogP contribution is -2.33. The van der Waals surface area contributed by atoms with Crippen molar-refractivity contribution in [3.63, 3.8) is 0 Å². The zero-order valence-corrected chi connectivity index (χ0v) is 11.3. The lowest BCUT2D eigenvalue weighted by atomic mass is 10.1. The minimum absolute atomic E-state index is 0.237. The molecule has 0 radical (unpaired) electrons. The Bertz CT molecular complexity index is 741. The molecule has 3 rings (SSSR count). The number of nitriles is 1. The summed E-state index contributed by atoms with van der Waals surface area (Å²) in [6, 6.07) is 1.99. The van der Waals surface area contributed by atoms with E-state index in [0.29, 0.717) is 11.0 Å². The fourth-order valence-electron chi connectivity index (χ4n) is 2.58. The number of aliphatic hydroxyl groups is 3. The summed E-state index contributed by atoms with van der Waals surface area (Å²) in [4.78, 5) is 8.02. The number of ether oxygens (including phenoxy) is 1. The van der Waals surface area contributed by atoms with Gasteiger partial charge in [-0.15, -0.1) is 0 Å². The van der Waals surface area contributed by atoms with Gasteiger partial charge in [0.05, 0.1) is 17.6 Å². The van der Waals surface area contributed by atoms with E-state index in [2.05, 4.69) is 15.4 Å². The van der Waals surface area contributed by atoms with E-state index in [1.54, 1.807) is 0 Å². The molecule has 0 saturated carbocycles. The Morgan fingerprint density at radius 2 is 2.18 bits per heavy atom. The van der Waals surface area contributed by atoms with Gasteiger partial charge < -0.3 is 30.0 Å². The topological polar surface area (TPSA) is 162 Å². The number of nitrogens with one attached hydrogen (secondary N) is 1. The molecule has 6 N–H and O–H groups in total. The number of hydrogen-bond donors (Lipinski definition) is 5. The minimum atomic E-state index is -1.27. The predicted molar refractivity (Wildman–Crippen MR) is 73.1 cm³/mol. The Morgan fingerprint density at radius 3 is 2.77 bits per heavy atom. The van der Waals surface area contributed by atoms with Crippen molar-refractivity contribution in [2.24, 2.45) is 5.84 Å². The number of anilines is 1. The fourth-order valence-corrected chi connectivity index (χ4v) is 2.58. The van der Waals surface area contributed by atoms with Gasteiger partial charge >= 0.3 is 0 Å².